The van der Waals surface area contributed by atoms with E-state index in [-0.39, 0.29) is 6.03 Å². The fraction of sp³-hybridized carbons (Fsp3) is 0.583. The van der Waals surface area contributed by atoms with E-state index >= 15 is 0 Å². The van der Waals surface area contributed by atoms with Gasteiger partial charge in [0.25, 0.3) is 0 Å². The van der Waals surface area contributed by atoms with Crippen LogP contribution >= 0.6 is 0 Å². The second kappa shape index (κ2) is 8.09. The average Bonchev–Trinajstić information content (AvgIpc) is 2.16. The van der Waals surface area contributed by atoms with Crippen molar-refractivity contribution in [3.8, 4) is 0 Å². The van der Waals surface area contributed by atoms with Crippen molar-refractivity contribution < 1.29 is 4.79 Å². The molecule has 3 heteroatoms. The molecule has 1 N–H and O–H groups in total. The van der Waals surface area contributed by atoms with Crippen molar-refractivity contribution in [1.82, 2.24) is 10.2 Å². The van der Waals surface area contributed by atoms with Gasteiger partial charge in [0.1, 0.15) is 0 Å². The molecule has 0 radical (unpaired) electrons. The van der Waals surface area contributed by atoms with Crippen molar-refractivity contribution in [3.05, 3.63) is 25.3 Å². The molecule has 3 nitrogen and oxygen atoms in total. The summed E-state index contributed by atoms with van der Waals surface area (Å²) < 4.78 is 0. The fourth-order valence-electron chi connectivity index (χ4n) is 1.13. The predicted molar refractivity (Wildman–Crippen MR) is 64.8 cm³/mol. The molecule has 0 aliphatic carbocycles. The molecule has 0 bridgehead atoms. The molecule has 0 saturated heterocycles. The lowest BCUT2D eigenvalue weighted by molar-refractivity contribution is 0.207. The minimum Gasteiger partial charge on any atom is -0.338 e. The van der Waals surface area contributed by atoms with Gasteiger partial charge in [-0.3, -0.25) is 0 Å². The first-order valence-electron chi connectivity index (χ1n) is 5.36. The van der Waals surface area contributed by atoms with E-state index in [2.05, 4.69) is 32.3 Å². The monoisotopic (exact) mass is 210 g/mol. The Balaban J connectivity index is 3.90. The van der Waals surface area contributed by atoms with E-state index < -0.39 is 0 Å². The minimum atomic E-state index is -0.0459. The lowest BCUT2D eigenvalue weighted by Gasteiger charge is -2.20. The number of nitrogens with zero attached hydrogens (tertiary/aromatic N) is 1. The first-order valence-corrected chi connectivity index (χ1v) is 5.36. The summed E-state index contributed by atoms with van der Waals surface area (Å²) in [5.41, 5.74) is 0. The second-order valence-electron chi connectivity index (χ2n) is 3.90. The van der Waals surface area contributed by atoms with Gasteiger partial charge in [-0.2, -0.15) is 0 Å². The number of hydrogen-bond acceptors (Lipinski definition) is 1. The summed E-state index contributed by atoms with van der Waals surface area (Å²) in [6.45, 7) is 13.3. The predicted octanol–water partition coefficient (Wildman–Crippen LogP) is 2.42. The third kappa shape index (κ3) is 6.77. The van der Waals surface area contributed by atoms with E-state index in [9.17, 15) is 4.79 Å². The minimum absolute atomic E-state index is 0.0459. The van der Waals surface area contributed by atoms with Crippen molar-refractivity contribution in [3.63, 3.8) is 0 Å². The SMILES string of the molecule is C=CCN(CC=C)C(=O)NCCC(C)C. The van der Waals surface area contributed by atoms with Gasteiger partial charge in [-0.25, -0.2) is 4.79 Å². The summed E-state index contributed by atoms with van der Waals surface area (Å²) in [5, 5.41) is 2.88. The maximum absolute atomic E-state index is 11.6. The summed E-state index contributed by atoms with van der Waals surface area (Å²) in [5.74, 6) is 0.609. The number of urea groups is 1. The average molecular weight is 210 g/mol. The molecule has 0 atom stereocenters. The van der Waals surface area contributed by atoms with E-state index in [0.717, 1.165) is 13.0 Å². The molecule has 0 fully saturated rings. The van der Waals surface area contributed by atoms with Crippen molar-refractivity contribution in [2.24, 2.45) is 5.92 Å². The highest BCUT2D eigenvalue weighted by molar-refractivity contribution is 5.74. The van der Waals surface area contributed by atoms with E-state index in [1.807, 2.05) is 0 Å². The lowest BCUT2D eigenvalue weighted by Crippen LogP contribution is -2.40. The summed E-state index contributed by atoms with van der Waals surface area (Å²) in [7, 11) is 0. The van der Waals surface area contributed by atoms with Gasteiger partial charge in [-0.05, 0) is 12.3 Å². The molecule has 0 aromatic rings. The van der Waals surface area contributed by atoms with Crippen LogP contribution in [0.15, 0.2) is 25.3 Å². The molecule has 0 heterocycles. The van der Waals surface area contributed by atoms with Gasteiger partial charge in [0.15, 0.2) is 0 Å². The zero-order chi connectivity index (χ0) is 11.7. The number of carbonyl (C=O) groups is 1. The van der Waals surface area contributed by atoms with Gasteiger partial charge < -0.3 is 10.2 Å². The van der Waals surface area contributed by atoms with Gasteiger partial charge in [-0.15, -0.1) is 13.2 Å². The molecule has 0 aromatic carbocycles. The van der Waals surface area contributed by atoms with Crippen LogP contribution < -0.4 is 5.32 Å². The zero-order valence-corrected chi connectivity index (χ0v) is 9.83. The quantitative estimate of drug-likeness (QED) is 0.643. The fourth-order valence-corrected chi connectivity index (χ4v) is 1.13. The Morgan fingerprint density at radius 3 is 2.27 bits per heavy atom. The third-order valence-electron chi connectivity index (χ3n) is 1.98. The Labute approximate surface area is 92.8 Å². The Kier molecular flexibility index (Phi) is 7.42. The largest absolute Gasteiger partial charge is 0.338 e. The van der Waals surface area contributed by atoms with E-state index in [4.69, 9.17) is 0 Å². The number of hydrogen-bond donors (Lipinski definition) is 1. The lowest BCUT2D eigenvalue weighted by atomic mass is 10.1. The summed E-state index contributed by atoms with van der Waals surface area (Å²) in [6, 6.07) is -0.0459. The first-order chi connectivity index (χ1) is 7.11. The molecule has 0 aromatic heterocycles. The van der Waals surface area contributed by atoms with E-state index in [1.165, 1.54) is 0 Å². The Morgan fingerprint density at radius 1 is 1.33 bits per heavy atom. The normalized spacial score (nSPS) is 9.80. The molecule has 2 amide bonds. The molecule has 0 aliphatic heterocycles. The van der Waals surface area contributed by atoms with Crippen molar-refractivity contribution >= 4 is 6.03 Å². The van der Waals surface area contributed by atoms with Crippen molar-refractivity contribution in [2.75, 3.05) is 19.6 Å². The number of nitrogens with one attached hydrogen (secondary N) is 1. The Morgan fingerprint density at radius 2 is 1.87 bits per heavy atom. The molecule has 15 heavy (non-hydrogen) atoms. The van der Waals surface area contributed by atoms with Crippen LogP contribution in [0.5, 0.6) is 0 Å². The van der Waals surface area contributed by atoms with Gasteiger partial charge in [-0.1, -0.05) is 26.0 Å². The topological polar surface area (TPSA) is 32.3 Å². The van der Waals surface area contributed by atoms with E-state index in [1.54, 1.807) is 17.1 Å². The highest BCUT2D eigenvalue weighted by Crippen LogP contribution is 1.97. The standard InChI is InChI=1S/C12H22N2O/c1-5-9-14(10-6-2)12(15)13-8-7-11(3)4/h5-6,11H,1-2,7-10H2,3-4H3,(H,13,15). The highest BCUT2D eigenvalue weighted by atomic mass is 16.2. The molecular formula is C12H22N2O. The Hall–Kier alpha value is -1.25. The molecular weight excluding hydrogens is 188 g/mol. The van der Waals surface area contributed by atoms with Crippen LogP contribution in [0.4, 0.5) is 4.79 Å². The van der Waals surface area contributed by atoms with Crippen LogP contribution in [0, 0.1) is 5.92 Å². The first kappa shape index (κ1) is 13.8. The van der Waals surface area contributed by atoms with Crippen LogP contribution in [0.2, 0.25) is 0 Å². The molecule has 0 saturated carbocycles. The van der Waals surface area contributed by atoms with Gasteiger partial charge in [0.2, 0.25) is 0 Å². The van der Waals surface area contributed by atoms with Gasteiger partial charge >= 0.3 is 6.03 Å². The summed E-state index contributed by atoms with van der Waals surface area (Å²) in [6.07, 6.45) is 4.43. The van der Waals surface area contributed by atoms with Crippen LogP contribution in [0.3, 0.4) is 0 Å². The van der Waals surface area contributed by atoms with Crippen LogP contribution in [-0.4, -0.2) is 30.6 Å². The highest BCUT2D eigenvalue weighted by Gasteiger charge is 2.08. The van der Waals surface area contributed by atoms with Crippen LogP contribution in [0.1, 0.15) is 20.3 Å². The van der Waals surface area contributed by atoms with Crippen molar-refractivity contribution in [2.45, 2.75) is 20.3 Å². The Bertz CT molecular complexity index is 202. The zero-order valence-electron chi connectivity index (χ0n) is 9.83. The molecule has 0 spiro atoms. The smallest absolute Gasteiger partial charge is 0.317 e. The number of rotatable bonds is 7. The maximum Gasteiger partial charge on any atom is 0.317 e. The maximum atomic E-state index is 11.6. The van der Waals surface area contributed by atoms with Gasteiger partial charge in [0.05, 0.1) is 0 Å². The number of carbonyl (C=O) groups excluding carboxylic acids is 1. The second-order valence-corrected chi connectivity index (χ2v) is 3.90. The third-order valence-corrected chi connectivity index (χ3v) is 1.98. The molecule has 86 valence electrons. The summed E-state index contributed by atoms with van der Waals surface area (Å²) >= 11 is 0. The summed E-state index contributed by atoms with van der Waals surface area (Å²) in [4.78, 5) is 13.3. The van der Waals surface area contributed by atoms with E-state index in [0.29, 0.717) is 19.0 Å². The number of amides is 2. The molecule has 0 unspecified atom stereocenters. The van der Waals surface area contributed by atoms with Crippen molar-refractivity contribution in [1.29, 1.82) is 0 Å². The molecule has 0 aliphatic rings. The molecule has 0 rings (SSSR count). The van der Waals surface area contributed by atoms with Crippen LogP contribution in [0.25, 0.3) is 0 Å². The van der Waals surface area contributed by atoms with Crippen LogP contribution in [-0.2, 0) is 0 Å². The van der Waals surface area contributed by atoms with Gasteiger partial charge in [0, 0.05) is 19.6 Å².